The lowest BCUT2D eigenvalue weighted by atomic mass is 9.71. The van der Waals surface area contributed by atoms with Gasteiger partial charge in [-0.05, 0) is 38.0 Å². The fourth-order valence-corrected chi connectivity index (χ4v) is 2.34. The van der Waals surface area contributed by atoms with Gasteiger partial charge in [-0.25, -0.2) is 4.79 Å². The molecule has 0 aliphatic heterocycles. The van der Waals surface area contributed by atoms with Crippen molar-refractivity contribution in [2.75, 3.05) is 20.2 Å². The van der Waals surface area contributed by atoms with Crippen LogP contribution < -0.4 is 5.32 Å². The maximum absolute atomic E-state index is 11.2. The summed E-state index contributed by atoms with van der Waals surface area (Å²) in [5.74, 6) is -0.306. The Labute approximate surface area is 116 Å². The maximum Gasteiger partial charge on any atom is 0.333 e. The van der Waals surface area contributed by atoms with Crippen LogP contribution in [0.25, 0.3) is 0 Å². The molecule has 4 nitrogen and oxygen atoms in total. The summed E-state index contributed by atoms with van der Waals surface area (Å²) in [6.45, 7) is 7.39. The molecule has 1 saturated carbocycles. The van der Waals surface area contributed by atoms with E-state index in [4.69, 9.17) is 0 Å². The molecular formula is C15H27NO3. The first-order valence-electron chi connectivity index (χ1n) is 6.96. The number of esters is 1. The Morgan fingerprint density at radius 3 is 2.42 bits per heavy atom. The van der Waals surface area contributed by atoms with Crippen LogP contribution in [0.3, 0.4) is 0 Å². The van der Waals surface area contributed by atoms with Gasteiger partial charge in [0.05, 0.1) is 12.7 Å². The predicted molar refractivity (Wildman–Crippen MR) is 75.8 cm³/mol. The molecule has 4 heteroatoms. The zero-order chi connectivity index (χ0) is 14.5. The second-order valence-electron chi connectivity index (χ2n) is 6.40. The van der Waals surface area contributed by atoms with E-state index >= 15 is 0 Å². The standard InChI is InChI=1S/C15H27NO3/c1-12(13(17)19-4)5-10-16-11-15(18)8-6-14(2,3)7-9-15/h5,16,18H,6-11H2,1-4H3. The number of rotatable bonds is 5. The average Bonchev–Trinajstić information content (AvgIpc) is 2.38. The van der Waals surface area contributed by atoms with E-state index in [1.165, 1.54) is 7.11 Å². The van der Waals surface area contributed by atoms with Crippen LogP contribution in [0, 0.1) is 5.41 Å². The van der Waals surface area contributed by atoms with E-state index in [1.807, 2.05) is 0 Å². The third-order valence-electron chi connectivity index (χ3n) is 4.05. The van der Waals surface area contributed by atoms with E-state index in [0.29, 0.717) is 24.1 Å². The molecular weight excluding hydrogens is 242 g/mol. The topological polar surface area (TPSA) is 58.6 Å². The van der Waals surface area contributed by atoms with E-state index in [0.717, 1.165) is 25.7 Å². The summed E-state index contributed by atoms with van der Waals surface area (Å²) in [6.07, 6.45) is 5.59. The Bertz CT molecular complexity index is 337. The van der Waals surface area contributed by atoms with Crippen molar-refractivity contribution < 1.29 is 14.6 Å². The molecule has 0 unspecified atom stereocenters. The van der Waals surface area contributed by atoms with Gasteiger partial charge in [-0.3, -0.25) is 0 Å². The van der Waals surface area contributed by atoms with Gasteiger partial charge in [-0.1, -0.05) is 19.9 Å². The van der Waals surface area contributed by atoms with Crippen LogP contribution in [0.15, 0.2) is 11.6 Å². The number of carbonyl (C=O) groups is 1. The smallest absolute Gasteiger partial charge is 0.333 e. The van der Waals surface area contributed by atoms with Crippen molar-refractivity contribution in [3.05, 3.63) is 11.6 Å². The summed E-state index contributed by atoms with van der Waals surface area (Å²) in [6, 6.07) is 0. The van der Waals surface area contributed by atoms with Crippen LogP contribution in [0.1, 0.15) is 46.5 Å². The number of aliphatic hydroxyl groups is 1. The van der Waals surface area contributed by atoms with Crippen molar-refractivity contribution in [2.45, 2.75) is 52.1 Å². The van der Waals surface area contributed by atoms with Crippen LogP contribution in [0.5, 0.6) is 0 Å². The molecule has 0 radical (unpaired) electrons. The number of hydrogen-bond donors (Lipinski definition) is 2. The second kappa shape index (κ2) is 6.53. The highest BCUT2D eigenvalue weighted by atomic mass is 16.5. The molecule has 0 aromatic heterocycles. The van der Waals surface area contributed by atoms with Gasteiger partial charge in [-0.15, -0.1) is 0 Å². The first-order chi connectivity index (χ1) is 8.78. The quantitative estimate of drug-likeness (QED) is 0.455. The Hall–Kier alpha value is -0.870. The van der Waals surface area contributed by atoms with E-state index < -0.39 is 5.60 Å². The highest BCUT2D eigenvalue weighted by Crippen LogP contribution is 2.39. The Morgan fingerprint density at radius 1 is 1.32 bits per heavy atom. The molecule has 0 aromatic carbocycles. The fraction of sp³-hybridized carbons (Fsp3) is 0.800. The van der Waals surface area contributed by atoms with Crippen LogP contribution in [0.2, 0.25) is 0 Å². The summed E-state index contributed by atoms with van der Waals surface area (Å²) < 4.78 is 4.62. The molecule has 1 fully saturated rings. The van der Waals surface area contributed by atoms with Gasteiger partial charge in [0, 0.05) is 18.7 Å². The zero-order valence-corrected chi connectivity index (χ0v) is 12.6. The van der Waals surface area contributed by atoms with E-state index in [2.05, 4.69) is 23.9 Å². The molecule has 0 atom stereocenters. The summed E-state index contributed by atoms with van der Waals surface area (Å²) in [4.78, 5) is 11.2. The third kappa shape index (κ3) is 5.33. The first kappa shape index (κ1) is 16.2. The van der Waals surface area contributed by atoms with Crippen LogP contribution >= 0.6 is 0 Å². The molecule has 19 heavy (non-hydrogen) atoms. The summed E-state index contributed by atoms with van der Waals surface area (Å²) in [5, 5.41) is 13.6. The molecule has 110 valence electrons. The second-order valence-corrected chi connectivity index (χ2v) is 6.40. The van der Waals surface area contributed by atoms with Gasteiger partial charge in [0.2, 0.25) is 0 Å². The lowest BCUT2D eigenvalue weighted by Crippen LogP contribution is -2.45. The van der Waals surface area contributed by atoms with Gasteiger partial charge in [0.15, 0.2) is 0 Å². The number of hydrogen-bond acceptors (Lipinski definition) is 4. The molecule has 1 aliphatic rings. The highest BCUT2D eigenvalue weighted by Gasteiger charge is 2.36. The minimum Gasteiger partial charge on any atom is -0.466 e. The third-order valence-corrected chi connectivity index (χ3v) is 4.05. The SMILES string of the molecule is COC(=O)C(C)=CCNCC1(O)CCC(C)(C)CC1. The number of nitrogens with one attached hydrogen (secondary N) is 1. The largest absolute Gasteiger partial charge is 0.466 e. The molecule has 0 saturated heterocycles. The van der Waals surface area contributed by atoms with Crippen molar-refractivity contribution in [1.82, 2.24) is 5.32 Å². The molecule has 0 heterocycles. The van der Waals surface area contributed by atoms with Gasteiger partial charge in [0.1, 0.15) is 0 Å². The zero-order valence-electron chi connectivity index (χ0n) is 12.6. The van der Waals surface area contributed by atoms with Crippen LogP contribution in [-0.4, -0.2) is 36.9 Å². The van der Waals surface area contributed by atoms with Gasteiger partial charge in [0.25, 0.3) is 0 Å². The molecule has 0 spiro atoms. The number of carbonyl (C=O) groups excluding carboxylic acids is 1. The maximum atomic E-state index is 11.2. The van der Waals surface area contributed by atoms with Crippen LogP contribution in [-0.2, 0) is 9.53 Å². The molecule has 0 amide bonds. The minimum absolute atomic E-state index is 0.306. The lowest BCUT2D eigenvalue weighted by molar-refractivity contribution is -0.136. The summed E-state index contributed by atoms with van der Waals surface area (Å²) >= 11 is 0. The number of ether oxygens (including phenoxy) is 1. The molecule has 1 aliphatic carbocycles. The Balaban J connectivity index is 2.32. The van der Waals surface area contributed by atoms with Crippen molar-refractivity contribution >= 4 is 5.97 Å². The number of methoxy groups -OCH3 is 1. The monoisotopic (exact) mass is 269 g/mol. The van der Waals surface area contributed by atoms with E-state index in [-0.39, 0.29) is 5.97 Å². The summed E-state index contributed by atoms with van der Waals surface area (Å²) in [5.41, 5.74) is 0.350. The molecule has 1 rings (SSSR count). The normalized spacial score (nSPS) is 22.1. The van der Waals surface area contributed by atoms with Gasteiger partial charge < -0.3 is 15.2 Å². The van der Waals surface area contributed by atoms with Crippen molar-refractivity contribution in [1.29, 1.82) is 0 Å². The van der Waals surface area contributed by atoms with Crippen molar-refractivity contribution in [2.24, 2.45) is 5.41 Å². The summed E-state index contributed by atoms with van der Waals surface area (Å²) in [7, 11) is 1.37. The van der Waals surface area contributed by atoms with Crippen molar-refractivity contribution in [3.8, 4) is 0 Å². The minimum atomic E-state index is -0.595. The van der Waals surface area contributed by atoms with Crippen molar-refractivity contribution in [3.63, 3.8) is 0 Å². The molecule has 0 bridgehead atoms. The van der Waals surface area contributed by atoms with Crippen LogP contribution in [0.4, 0.5) is 0 Å². The lowest BCUT2D eigenvalue weighted by Gasteiger charge is -2.40. The van der Waals surface area contributed by atoms with E-state index in [9.17, 15) is 9.90 Å². The van der Waals surface area contributed by atoms with E-state index in [1.54, 1.807) is 13.0 Å². The Morgan fingerprint density at radius 2 is 1.89 bits per heavy atom. The van der Waals surface area contributed by atoms with Gasteiger partial charge >= 0.3 is 5.97 Å². The fourth-order valence-electron chi connectivity index (χ4n) is 2.34. The Kier molecular flexibility index (Phi) is 5.56. The first-order valence-corrected chi connectivity index (χ1v) is 6.96. The average molecular weight is 269 g/mol. The molecule has 2 N–H and O–H groups in total. The predicted octanol–water partition coefficient (Wildman–Crippen LogP) is 2.03. The highest BCUT2D eigenvalue weighted by molar-refractivity contribution is 5.87. The molecule has 0 aromatic rings. The van der Waals surface area contributed by atoms with Gasteiger partial charge in [-0.2, -0.15) is 0 Å².